The van der Waals surface area contributed by atoms with Gasteiger partial charge in [0.05, 0.1) is 23.4 Å². The number of rotatable bonds is 6. The molecule has 3 aromatic rings. The van der Waals surface area contributed by atoms with E-state index in [1.54, 1.807) is 12.1 Å². The quantitative estimate of drug-likeness (QED) is 0.543. The highest BCUT2D eigenvalue weighted by molar-refractivity contribution is 5.86. The second kappa shape index (κ2) is 8.58. The monoisotopic (exact) mass is 445 g/mol. The number of carboxylic acid groups (broad SMARTS) is 1. The van der Waals surface area contributed by atoms with E-state index in [1.807, 2.05) is 0 Å². The Hall–Kier alpha value is -3.46. The molecule has 166 valence electrons. The molecule has 1 saturated heterocycles. The Morgan fingerprint density at radius 2 is 1.81 bits per heavy atom. The average Bonchev–Trinajstić information content (AvgIpc) is 2.72. The molecule has 5 nitrogen and oxygen atoms in total. The van der Waals surface area contributed by atoms with Gasteiger partial charge in [-0.3, -0.25) is 9.88 Å². The number of hydrogen-bond donors (Lipinski definition) is 0. The summed E-state index contributed by atoms with van der Waals surface area (Å²) in [6.07, 6.45) is -2.92. The maximum absolute atomic E-state index is 13.8. The van der Waals surface area contributed by atoms with Crippen molar-refractivity contribution in [2.75, 3.05) is 13.1 Å². The van der Waals surface area contributed by atoms with Gasteiger partial charge in [-0.25, -0.2) is 4.39 Å². The van der Waals surface area contributed by atoms with Crippen molar-refractivity contribution >= 4 is 5.97 Å². The van der Waals surface area contributed by atoms with E-state index in [4.69, 9.17) is 4.74 Å². The highest BCUT2D eigenvalue weighted by Crippen LogP contribution is 2.29. The minimum absolute atomic E-state index is 0.0723. The van der Waals surface area contributed by atoms with E-state index >= 15 is 0 Å². The number of carboxylic acids is 1. The van der Waals surface area contributed by atoms with E-state index in [9.17, 15) is 27.5 Å². The second-order valence-electron chi connectivity index (χ2n) is 7.49. The zero-order chi connectivity index (χ0) is 22.9. The summed E-state index contributed by atoms with van der Waals surface area (Å²) in [5.41, 5.74) is 0.489. The summed E-state index contributed by atoms with van der Waals surface area (Å²) in [6.45, 7) is 1.78. The molecule has 2 heterocycles. The lowest BCUT2D eigenvalue weighted by molar-refractivity contribution is -0.255. The Balaban J connectivity index is 1.29. The Bertz CT molecular complexity index is 1110. The van der Waals surface area contributed by atoms with Crippen molar-refractivity contribution in [1.29, 1.82) is 0 Å². The molecule has 0 aliphatic carbocycles. The van der Waals surface area contributed by atoms with Gasteiger partial charge in [-0.15, -0.1) is 0 Å². The third kappa shape index (κ3) is 4.88. The van der Waals surface area contributed by atoms with Crippen LogP contribution in [0.1, 0.15) is 21.5 Å². The van der Waals surface area contributed by atoms with E-state index < -0.39 is 29.1 Å². The van der Waals surface area contributed by atoms with Crippen LogP contribution < -0.4 is 9.84 Å². The van der Waals surface area contributed by atoms with Crippen molar-refractivity contribution in [3.8, 4) is 17.0 Å². The van der Waals surface area contributed by atoms with E-state index in [0.717, 1.165) is 29.8 Å². The molecule has 1 aliphatic heterocycles. The van der Waals surface area contributed by atoms with E-state index in [0.29, 0.717) is 36.6 Å². The van der Waals surface area contributed by atoms with Gasteiger partial charge >= 0.3 is 6.18 Å². The van der Waals surface area contributed by atoms with Crippen molar-refractivity contribution in [2.24, 2.45) is 0 Å². The fourth-order valence-electron chi connectivity index (χ4n) is 3.44. The summed E-state index contributed by atoms with van der Waals surface area (Å²) in [6, 6.07) is 12.1. The topological polar surface area (TPSA) is 65.5 Å². The first kappa shape index (κ1) is 21.8. The molecule has 1 aliphatic rings. The summed E-state index contributed by atoms with van der Waals surface area (Å²) in [7, 11) is 0. The maximum atomic E-state index is 13.8. The second-order valence-corrected chi connectivity index (χ2v) is 7.49. The van der Waals surface area contributed by atoms with Crippen LogP contribution in [0.2, 0.25) is 0 Å². The van der Waals surface area contributed by atoms with Crippen molar-refractivity contribution in [3.05, 3.63) is 83.3 Å². The van der Waals surface area contributed by atoms with Crippen LogP contribution in [-0.4, -0.2) is 35.0 Å². The van der Waals surface area contributed by atoms with Crippen LogP contribution in [0.15, 0.2) is 60.8 Å². The van der Waals surface area contributed by atoms with Crippen molar-refractivity contribution < 1.29 is 32.2 Å². The average molecular weight is 445 g/mol. The van der Waals surface area contributed by atoms with Crippen LogP contribution in [0, 0.1) is 5.82 Å². The molecule has 0 unspecified atom stereocenters. The lowest BCUT2D eigenvalue weighted by atomic mass is 10.1. The van der Waals surface area contributed by atoms with Crippen molar-refractivity contribution in [3.63, 3.8) is 0 Å². The first-order valence-corrected chi connectivity index (χ1v) is 9.71. The number of aromatic nitrogens is 1. The number of carbonyl (C=O) groups excluding carboxylic acids is 1. The third-order valence-electron chi connectivity index (χ3n) is 5.13. The molecular formula is C23H17F4N2O3-. The lowest BCUT2D eigenvalue weighted by Crippen LogP contribution is -2.53. The molecular weight excluding hydrogens is 428 g/mol. The molecule has 1 aromatic heterocycles. The zero-order valence-corrected chi connectivity index (χ0v) is 16.6. The molecule has 4 rings (SSSR count). The minimum Gasteiger partial charge on any atom is -0.545 e. The molecule has 9 heteroatoms. The Morgan fingerprint density at radius 3 is 2.38 bits per heavy atom. The zero-order valence-electron chi connectivity index (χ0n) is 16.6. The lowest BCUT2D eigenvalue weighted by Gasteiger charge is -2.39. The Morgan fingerprint density at radius 1 is 1.09 bits per heavy atom. The van der Waals surface area contributed by atoms with Gasteiger partial charge in [0.2, 0.25) is 0 Å². The Kier molecular flexibility index (Phi) is 5.84. The molecule has 0 bridgehead atoms. The number of pyridine rings is 1. The normalized spacial score (nSPS) is 14.8. The number of benzene rings is 2. The fraction of sp³-hybridized carbons (Fsp3) is 0.217. The van der Waals surface area contributed by atoms with Crippen LogP contribution in [0.3, 0.4) is 0 Å². The number of ether oxygens (including phenoxy) is 1. The number of nitrogens with zero attached hydrogens (tertiary/aromatic N) is 2. The number of aromatic carboxylic acids is 1. The fourth-order valence-corrected chi connectivity index (χ4v) is 3.44. The summed E-state index contributed by atoms with van der Waals surface area (Å²) in [5.74, 6) is -1.95. The molecule has 0 N–H and O–H groups in total. The van der Waals surface area contributed by atoms with Gasteiger partial charge in [-0.1, -0.05) is 18.2 Å². The Labute approximate surface area is 180 Å². The summed E-state index contributed by atoms with van der Waals surface area (Å²) in [5, 5.41) is 10.8. The number of hydrogen-bond acceptors (Lipinski definition) is 5. The van der Waals surface area contributed by atoms with Gasteiger partial charge in [0.1, 0.15) is 17.7 Å². The number of halogens is 4. The van der Waals surface area contributed by atoms with Crippen LogP contribution in [0.4, 0.5) is 17.6 Å². The van der Waals surface area contributed by atoms with Gasteiger partial charge in [0.25, 0.3) is 0 Å². The molecule has 0 radical (unpaired) electrons. The highest BCUT2D eigenvalue weighted by atomic mass is 19.4. The molecule has 32 heavy (non-hydrogen) atoms. The van der Waals surface area contributed by atoms with E-state index in [2.05, 4.69) is 9.88 Å². The first-order chi connectivity index (χ1) is 15.2. The van der Waals surface area contributed by atoms with Crippen LogP contribution in [0.25, 0.3) is 11.3 Å². The smallest absolute Gasteiger partial charge is 0.416 e. The molecule has 1 fully saturated rings. The number of likely N-dealkylation sites (tertiary alicyclic amines) is 1. The number of carbonyl (C=O) groups is 1. The van der Waals surface area contributed by atoms with E-state index in [-0.39, 0.29) is 6.10 Å². The van der Waals surface area contributed by atoms with Gasteiger partial charge in [0, 0.05) is 30.8 Å². The van der Waals surface area contributed by atoms with Gasteiger partial charge < -0.3 is 14.6 Å². The predicted molar refractivity (Wildman–Crippen MR) is 105 cm³/mol. The number of alkyl halides is 3. The van der Waals surface area contributed by atoms with Crippen LogP contribution in [-0.2, 0) is 12.7 Å². The minimum atomic E-state index is -4.34. The summed E-state index contributed by atoms with van der Waals surface area (Å²) >= 11 is 0. The van der Waals surface area contributed by atoms with Crippen molar-refractivity contribution in [1.82, 2.24) is 9.88 Å². The van der Waals surface area contributed by atoms with E-state index in [1.165, 1.54) is 24.4 Å². The molecule has 0 atom stereocenters. The van der Waals surface area contributed by atoms with Gasteiger partial charge in [0.15, 0.2) is 0 Å². The molecule has 0 spiro atoms. The first-order valence-electron chi connectivity index (χ1n) is 9.71. The van der Waals surface area contributed by atoms with Crippen LogP contribution >= 0.6 is 0 Å². The third-order valence-corrected chi connectivity index (χ3v) is 5.13. The maximum Gasteiger partial charge on any atom is 0.416 e. The molecule has 2 aromatic carbocycles. The van der Waals surface area contributed by atoms with Crippen LogP contribution in [0.5, 0.6) is 5.75 Å². The molecule has 0 saturated carbocycles. The largest absolute Gasteiger partial charge is 0.545 e. The SMILES string of the molecule is O=C([O-])c1ccc(-c2ccc(OC3CN(Cc4ccc(C(F)(F)F)cc4)C3)cn2)cc1F. The summed E-state index contributed by atoms with van der Waals surface area (Å²) < 4.78 is 57.6. The standard InChI is InChI=1S/C23H18F4N2O3/c24-20-9-15(3-7-19(20)22(30)31)21-8-6-17(10-28-21)32-18-12-29(13-18)11-14-1-4-16(5-2-14)23(25,26)27/h1-10,18H,11-13H2,(H,30,31)/p-1. The van der Waals surface area contributed by atoms with Crippen molar-refractivity contribution in [2.45, 2.75) is 18.8 Å². The summed E-state index contributed by atoms with van der Waals surface area (Å²) in [4.78, 5) is 17.1. The van der Waals surface area contributed by atoms with Gasteiger partial charge in [-0.2, -0.15) is 13.2 Å². The molecule has 0 amide bonds. The van der Waals surface area contributed by atoms with Gasteiger partial charge in [-0.05, 0) is 42.0 Å². The predicted octanol–water partition coefficient (Wildman–Crippen LogP) is 3.53. The highest BCUT2D eigenvalue weighted by Gasteiger charge is 2.31.